The summed E-state index contributed by atoms with van der Waals surface area (Å²) in [6.07, 6.45) is 7.05. The average Bonchev–Trinajstić information content (AvgIpc) is 2.05. The van der Waals surface area contributed by atoms with Crippen LogP contribution in [0.4, 0.5) is 0 Å². The maximum atomic E-state index is 10.5. The Balaban J connectivity index is 2.46. The summed E-state index contributed by atoms with van der Waals surface area (Å²) in [5.41, 5.74) is 0. The molecule has 0 aromatic rings. The molecule has 62 valence electrons. The minimum Gasteiger partial charge on any atom is -0.549 e. The van der Waals surface area contributed by atoms with E-state index in [0.717, 1.165) is 19.3 Å². The van der Waals surface area contributed by atoms with Crippen LogP contribution in [0.15, 0.2) is 12.2 Å². The first-order valence-electron chi connectivity index (χ1n) is 3.71. The molecule has 0 N–H and O–H groups in total. The molecule has 0 amide bonds. The van der Waals surface area contributed by atoms with Gasteiger partial charge in [-0.25, -0.2) is 0 Å². The van der Waals surface area contributed by atoms with Crippen LogP contribution in [0, 0.1) is 5.92 Å². The SMILES string of the molecule is O=C([O-])C(I)C1CC=CCC1. The molecule has 0 fully saturated rings. The number of carboxylic acid groups (broad SMARTS) is 1. The maximum absolute atomic E-state index is 10.5. The van der Waals surface area contributed by atoms with E-state index in [1.807, 2.05) is 22.6 Å². The van der Waals surface area contributed by atoms with Gasteiger partial charge in [0.2, 0.25) is 0 Å². The van der Waals surface area contributed by atoms with E-state index in [0.29, 0.717) is 0 Å². The van der Waals surface area contributed by atoms with Crippen molar-refractivity contribution in [1.29, 1.82) is 0 Å². The zero-order chi connectivity index (χ0) is 8.27. The zero-order valence-electron chi connectivity index (χ0n) is 6.13. The molecular weight excluding hydrogens is 255 g/mol. The predicted molar refractivity (Wildman–Crippen MR) is 49.3 cm³/mol. The number of allylic oxidation sites excluding steroid dienone is 2. The number of halogens is 1. The summed E-state index contributed by atoms with van der Waals surface area (Å²) < 4.78 is -0.322. The lowest BCUT2D eigenvalue weighted by Gasteiger charge is -2.23. The summed E-state index contributed by atoms with van der Waals surface area (Å²) >= 11 is 1.95. The number of aliphatic carboxylic acids is 1. The van der Waals surface area contributed by atoms with E-state index in [2.05, 4.69) is 12.2 Å². The highest BCUT2D eigenvalue weighted by molar-refractivity contribution is 14.1. The van der Waals surface area contributed by atoms with Gasteiger partial charge in [-0.2, -0.15) is 0 Å². The summed E-state index contributed by atoms with van der Waals surface area (Å²) in [7, 11) is 0. The first-order chi connectivity index (χ1) is 5.22. The van der Waals surface area contributed by atoms with Crippen LogP contribution in [0.2, 0.25) is 0 Å². The molecule has 0 aromatic heterocycles. The van der Waals surface area contributed by atoms with Gasteiger partial charge in [-0.1, -0.05) is 34.7 Å². The summed E-state index contributed by atoms with van der Waals surface area (Å²) in [5.74, 6) is -0.642. The van der Waals surface area contributed by atoms with Crippen LogP contribution in [-0.2, 0) is 4.79 Å². The summed E-state index contributed by atoms with van der Waals surface area (Å²) in [6, 6.07) is 0. The zero-order valence-corrected chi connectivity index (χ0v) is 8.28. The second-order valence-corrected chi connectivity index (χ2v) is 4.11. The van der Waals surface area contributed by atoms with E-state index in [1.54, 1.807) is 0 Å². The van der Waals surface area contributed by atoms with Crippen LogP contribution >= 0.6 is 22.6 Å². The Morgan fingerprint density at radius 3 is 2.82 bits per heavy atom. The number of rotatable bonds is 2. The van der Waals surface area contributed by atoms with E-state index in [4.69, 9.17) is 0 Å². The summed E-state index contributed by atoms with van der Waals surface area (Å²) in [4.78, 5) is 10.5. The van der Waals surface area contributed by atoms with Gasteiger partial charge in [0.1, 0.15) is 0 Å². The first kappa shape index (κ1) is 9.03. The molecule has 2 unspecified atom stereocenters. The average molecular weight is 265 g/mol. The van der Waals surface area contributed by atoms with E-state index in [1.165, 1.54) is 0 Å². The third-order valence-electron chi connectivity index (χ3n) is 1.95. The number of carbonyl (C=O) groups is 1. The first-order valence-corrected chi connectivity index (χ1v) is 4.96. The van der Waals surface area contributed by atoms with Crippen LogP contribution in [0.3, 0.4) is 0 Å². The highest BCUT2D eigenvalue weighted by Crippen LogP contribution is 2.26. The molecule has 0 radical (unpaired) electrons. The molecule has 0 saturated carbocycles. The molecule has 3 heteroatoms. The standard InChI is InChI=1S/C8H11IO2/c9-7(8(10)11)6-4-2-1-3-5-6/h1-2,6-7H,3-5H2,(H,10,11)/p-1. The molecule has 0 saturated heterocycles. The van der Waals surface area contributed by atoms with Gasteiger partial charge in [0.25, 0.3) is 0 Å². The third kappa shape index (κ3) is 2.47. The molecule has 0 spiro atoms. The van der Waals surface area contributed by atoms with Crippen molar-refractivity contribution in [1.82, 2.24) is 0 Å². The normalized spacial score (nSPS) is 26.5. The molecule has 11 heavy (non-hydrogen) atoms. The van der Waals surface area contributed by atoms with E-state index in [-0.39, 0.29) is 9.84 Å². The van der Waals surface area contributed by atoms with Crippen LogP contribution in [-0.4, -0.2) is 9.89 Å². The van der Waals surface area contributed by atoms with E-state index < -0.39 is 5.97 Å². The van der Waals surface area contributed by atoms with Gasteiger partial charge in [-0.15, -0.1) is 0 Å². The van der Waals surface area contributed by atoms with Crippen molar-refractivity contribution >= 4 is 28.6 Å². The van der Waals surface area contributed by atoms with Crippen molar-refractivity contribution in [3.63, 3.8) is 0 Å². The van der Waals surface area contributed by atoms with Gasteiger partial charge in [-0.05, 0) is 25.2 Å². The van der Waals surface area contributed by atoms with Gasteiger partial charge in [-0.3, -0.25) is 0 Å². The van der Waals surface area contributed by atoms with Crippen molar-refractivity contribution in [2.24, 2.45) is 5.92 Å². The fourth-order valence-corrected chi connectivity index (χ4v) is 1.93. The fourth-order valence-electron chi connectivity index (χ4n) is 1.28. The molecule has 2 atom stereocenters. The lowest BCUT2D eigenvalue weighted by Crippen LogP contribution is -2.36. The highest BCUT2D eigenvalue weighted by Gasteiger charge is 2.19. The highest BCUT2D eigenvalue weighted by atomic mass is 127. The van der Waals surface area contributed by atoms with Crippen molar-refractivity contribution < 1.29 is 9.90 Å². The van der Waals surface area contributed by atoms with Gasteiger partial charge in [0.15, 0.2) is 0 Å². The quantitative estimate of drug-likeness (QED) is 0.422. The molecule has 1 aliphatic rings. The number of alkyl halides is 1. The monoisotopic (exact) mass is 265 g/mol. The second kappa shape index (κ2) is 4.09. The topological polar surface area (TPSA) is 40.1 Å². The van der Waals surface area contributed by atoms with Crippen LogP contribution in [0.5, 0.6) is 0 Å². The smallest absolute Gasteiger partial charge is 0.0545 e. The Labute approximate surface area is 79.8 Å². The molecule has 1 aliphatic carbocycles. The van der Waals surface area contributed by atoms with Gasteiger partial charge in [0, 0.05) is 0 Å². The second-order valence-electron chi connectivity index (χ2n) is 2.77. The van der Waals surface area contributed by atoms with E-state index in [9.17, 15) is 9.90 Å². The molecular formula is C8H10IO2-. The Hall–Kier alpha value is -0.0600. The summed E-state index contributed by atoms with van der Waals surface area (Å²) in [5, 5.41) is 10.5. The Kier molecular flexibility index (Phi) is 3.36. The Morgan fingerprint density at radius 1 is 1.64 bits per heavy atom. The van der Waals surface area contributed by atoms with Crippen LogP contribution in [0.1, 0.15) is 19.3 Å². The molecule has 1 rings (SSSR count). The van der Waals surface area contributed by atoms with Crippen LogP contribution in [0.25, 0.3) is 0 Å². The number of hydrogen-bond acceptors (Lipinski definition) is 2. The van der Waals surface area contributed by atoms with Gasteiger partial charge < -0.3 is 9.90 Å². The minimum atomic E-state index is -0.925. The molecule has 0 bridgehead atoms. The minimum absolute atomic E-state index is 0.283. The largest absolute Gasteiger partial charge is 0.549 e. The number of carbonyl (C=O) groups excluding carboxylic acids is 1. The molecule has 0 heterocycles. The molecule has 0 aromatic carbocycles. The fraction of sp³-hybridized carbons (Fsp3) is 0.625. The van der Waals surface area contributed by atoms with Crippen molar-refractivity contribution in [3.05, 3.63) is 12.2 Å². The summed E-state index contributed by atoms with van der Waals surface area (Å²) in [6.45, 7) is 0. The Morgan fingerprint density at radius 2 is 2.36 bits per heavy atom. The molecule has 0 aliphatic heterocycles. The predicted octanol–water partition coefficient (Wildman–Crippen LogP) is 0.896. The van der Waals surface area contributed by atoms with Crippen LogP contribution < -0.4 is 5.11 Å². The lowest BCUT2D eigenvalue weighted by molar-refractivity contribution is -0.305. The Bertz CT molecular complexity index is 177. The molecule has 2 nitrogen and oxygen atoms in total. The van der Waals surface area contributed by atoms with Crippen molar-refractivity contribution in [3.8, 4) is 0 Å². The van der Waals surface area contributed by atoms with Crippen molar-refractivity contribution in [2.45, 2.75) is 23.2 Å². The number of hydrogen-bond donors (Lipinski definition) is 0. The van der Waals surface area contributed by atoms with Gasteiger partial charge >= 0.3 is 0 Å². The maximum Gasteiger partial charge on any atom is 0.0545 e. The number of carboxylic acids is 1. The van der Waals surface area contributed by atoms with Crippen molar-refractivity contribution in [2.75, 3.05) is 0 Å². The lowest BCUT2D eigenvalue weighted by atomic mass is 9.92. The van der Waals surface area contributed by atoms with Gasteiger partial charge in [0.05, 0.1) is 9.89 Å². The van der Waals surface area contributed by atoms with E-state index >= 15 is 0 Å². The third-order valence-corrected chi connectivity index (χ3v) is 3.47.